The van der Waals surface area contributed by atoms with Gasteiger partial charge in [-0.1, -0.05) is 32.0 Å². The van der Waals surface area contributed by atoms with Crippen molar-refractivity contribution in [1.29, 1.82) is 0 Å². The summed E-state index contributed by atoms with van der Waals surface area (Å²) in [7, 11) is -3.89. The van der Waals surface area contributed by atoms with Crippen LogP contribution in [0.3, 0.4) is 0 Å². The molecule has 1 aromatic carbocycles. The number of hydrogen-bond donors (Lipinski definition) is 3. The van der Waals surface area contributed by atoms with Crippen LogP contribution in [0.1, 0.15) is 37.8 Å². The molecule has 0 aromatic heterocycles. The predicted octanol–water partition coefficient (Wildman–Crippen LogP) is 0.468. The van der Waals surface area contributed by atoms with E-state index in [-0.39, 0.29) is 17.7 Å². The maximum atomic E-state index is 12.8. The van der Waals surface area contributed by atoms with E-state index in [1.54, 1.807) is 12.1 Å². The zero-order valence-corrected chi connectivity index (χ0v) is 13.6. The first-order valence-corrected chi connectivity index (χ1v) is 8.86. The largest absolute Gasteiger partial charge is 0.393 e. The normalized spacial score (nSPS) is 24.8. The Morgan fingerprint density at radius 1 is 1.32 bits per heavy atom. The van der Waals surface area contributed by atoms with E-state index in [0.29, 0.717) is 24.0 Å². The number of nitrogens with one attached hydrogen (secondary N) is 1. The molecule has 0 aliphatic heterocycles. The summed E-state index contributed by atoms with van der Waals surface area (Å²) in [6.07, 6.45) is 0.448. The summed E-state index contributed by atoms with van der Waals surface area (Å²) in [5, 5.41) is 9.46. The Balaban J connectivity index is 2.45. The van der Waals surface area contributed by atoms with Crippen molar-refractivity contribution in [2.45, 2.75) is 56.1 Å². The van der Waals surface area contributed by atoms with Gasteiger partial charge in [-0.3, -0.25) is 4.79 Å². The van der Waals surface area contributed by atoms with Crippen LogP contribution in [0.15, 0.2) is 23.1 Å². The number of hydrogen-bond acceptors (Lipinski definition) is 4. The van der Waals surface area contributed by atoms with Crippen LogP contribution >= 0.6 is 0 Å². The lowest BCUT2D eigenvalue weighted by molar-refractivity contribution is -0.131. The lowest BCUT2D eigenvalue weighted by atomic mass is 9.75. The zero-order chi connectivity index (χ0) is 16.5. The molecular formula is C15H22N2O4S. The van der Waals surface area contributed by atoms with Gasteiger partial charge in [-0.15, -0.1) is 0 Å². The topological polar surface area (TPSA) is 109 Å². The Hall–Kier alpha value is -1.44. The van der Waals surface area contributed by atoms with Gasteiger partial charge in [0.15, 0.2) is 0 Å². The number of aliphatic hydroxyl groups is 1. The van der Waals surface area contributed by atoms with E-state index in [2.05, 4.69) is 4.72 Å². The average molecular weight is 326 g/mol. The van der Waals surface area contributed by atoms with Gasteiger partial charge in [-0.2, -0.15) is 4.72 Å². The van der Waals surface area contributed by atoms with Crippen LogP contribution in [-0.2, 0) is 27.7 Å². The predicted molar refractivity (Wildman–Crippen MR) is 82.7 cm³/mol. The van der Waals surface area contributed by atoms with E-state index in [4.69, 9.17) is 5.73 Å². The average Bonchev–Trinajstić information content (AvgIpc) is 2.43. The third kappa shape index (κ3) is 2.88. The van der Waals surface area contributed by atoms with Crippen LogP contribution in [0, 0.1) is 0 Å². The molecule has 1 amide bonds. The standard InChI is InChI=1S/C15H22N2O4S/c1-3-10-6-5-7-11(4-2)13(10)22(20,21)17-15(14(16)19)8-12(18)9-15/h5-7,12,17-18H,3-4,8-9H2,1-2H3,(H2,16,19). The van der Waals surface area contributed by atoms with Gasteiger partial charge in [0.1, 0.15) is 5.54 Å². The molecule has 0 atom stereocenters. The number of rotatable bonds is 6. The maximum absolute atomic E-state index is 12.8. The first kappa shape index (κ1) is 16.9. The highest BCUT2D eigenvalue weighted by atomic mass is 32.2. The third-order valence-corrected chi connectivity index (χ3v) is 5.90. The molecule has 4 N–H and O–H groups in total. The fraction of sp³-hybridized carbons (Fsp3) is 0.533. The van der Waals surface area contributed by atoms with E-state index in [1.165, 1.54) is 0 Å². The van der Waals surface area contributed by atoms with E-state index >= 15 is 0 Å². The molecule has 2 rings (SSSR count). The van der Waals surface area contributed by atoms with E-state index < -0.39 is 27.6 Å². The van der Waals surface area contributed by atoms with Gasteiger partial charge in [0.2, 0.25) is 15.9 Å². The molecule has 1 aliphatic carbocycles. The van der Waals surface area contributed by atoms with Crippen molar-refractivity contribution in [1.82, 2.24) is 4.72 Å². The molecule has 7 heteroatoms. The first-order valence-electron chi connectivity index (χ1n) is 7.38. The second-order valence-corrected chi connectivity index (χ2v) is 7.35. The number of benzene rings is 1. The Bertz CT molecular complexity index is 657. The molecule has 122 valence electrons. The van der Waals surface area contributed by atoms with Crippen molar-refractivity contribution in [3.05, 3.63) is 29.3 Å². The Morgan fingerprint density at radius 3 is 2.18 bits per heavy atom. The number of aliphatic hydroxyl groups excluding tert-OH is 1. The molecule has 6 nitrogen and oxygen atoms in total. The SMILES string of the molecule is CCc1cccc(CC)c1S(=O)(=O)NC1(C(N)=O)CC(O)C1. The minimum atomic E-state index is -3.89. The summed E-state index contributed by atoms with van der Waals surface area (Å²) in [6, 6.07) is 5.36. The minimum Gasteiger partial charge on any atom is -0.393 e. The van der Waals surface area contributed by atoms with Crippen LogP contribution in [-0.4, -0.2) is 31.1 Å². The lowest BCUT2D eigenvalue weighted by Gasteiger charge is -2.42. The number of carbonyl (C=O) groups is 1. The lowest BCUT2D eigenvalue weighted by Crippen LogP contribution is -2.66. The maximum Gasteiger partial charge on any atom is 0.242 e. The van der Waals surface area contributed by atoms with Gasteiger partial charge in [0.05, 0.1) is 11.0 Å². The van der Waals surface area contributed by atoms with Gasteiger partial charge in [0, 0.05) is 12.8 Å². The molecule has 1 fully saturated rings. The summed E-state index contributed by atoms with van der Waals surface area (Å²) in [4.78, 5) is 11.9. The highest BCUT2D eigenvalue weighted by Gasteiger charge is 2.51. The van der Waals surface area contributed by atoms with Gasteiger partial charge < -0.3 is 10.8 Å². The van der Waals surface area contributed by atoms with Crippen LogP contribution < -0.4 is 10.5 Å². The Morgan fingerprint density at radius 2 is 1.82 bits per heavy atom. The van der Waals surface area contributed by atoms with Crippen molar-refractivity contribution in [3.8, 4) is 0 Å². The van der Waals surface area contributed by atoms with Crippen LogP contribution in [0.5, 0.6) is 0 Å². The van der Waals surface area contributed by atoms with Crippen LogP contribution in [0.25, 0.3) is 0 Å². The summed E-state index contributed by atoms with van der Waals surface area (Å²) in [5.74, 6) is -0.756. The molecule has 22 heavy (non-hydrogen) atoms. The van der Waals surface area contributed by atoms with Crippen molar-refractivity contribution in [3.63, 3.8) is 0 Å². The number of primary amides is 1. The fourth-order valence-corrected chi connectivity index (χ4v) is 4.93. The summed E-state index contributed by atoms with van der Waals surface area (Å²) in [5.41, 5.74) is 5.36. The number of nitrogens with two attached hydrogens (primary N) is 1. The van der Waals surface area contributed by atoms with Gasteiger partial charge >= 0.3 is 0 Å². The third-order valence-electron chi connectivity index (χ3n) is 4.18. The van der Waals surface area contributed by atoms with Crippen molar-refractivity contribution in [2.24, 2.45) is 5.73 Å². The molecule has 0 unspecified atom stereocenters. The van der Waals surface area contributed by atoms with Gasteiger partial charge in [-0.25, -0.2) is 8.42 Å². The molecule has 1 saturated carbocycles. The molecule has 1 aliphatic rings. The van der Waals surface area contributed by atoms with Crippen molar-refractivity contribution >= 4 is 15.9 Å². The number of aryl methyl sites for hydroxylation is 2. The summed E-state index contributed by atoms with van der Waals surface area (Å²) >= 11 is 0. The van der Waals surface area contributed by atoms with E-state index in [9.17, 15) is 18.3 Å². The molecule has 1 aromatic rings. The highest BCUT2D eigenvalue weighted by Crippen LogP contribution is 2.34. The second kappa shape index (κ2) is 5.98. The summed E-state index contributed by atoms with van der Waals surface area (Å²) < 4.78 is 28.1. The fourth-order valence-electron chi connectivity index (χ4n) is 2.93. The number of amides is 1. The monoisotopic (exact) mass is 326 g/mol. The highest BCUT2D eigenvalue weighted by molar-refractivity contribution is 7.89. The number of carbonyl (C=O) groups excluding carboxylic acids is 1. The van der Waals surface area contributed by atoms with E-state index in [1.807, 2.05) is 19.9 Å². The first-order chi connectivity index (χ1) is 10.3. The molecular weight excluding hydrogens is 304 g/mol. The Kier molecular flexibility index (Phi) is 4.60. The molecule has 0 saturated heterocycles. The van der Waals surface area contributed by atoms with Gasteiger partial charge in [0.25, 0.3) is 0 Å². The smallest absolute Gasteiger partial charge is 0.242 e. The molecule has 0 spiro atoms. The minimum absolute atomic E-state index is 0.0112. The van der Waals surface area contributed by atoms with Crippen LogP contribution in [0.2, 0.25) is 0 Å². The summed E-state index contributed by atoms with van der Waals surface area (Å²) in [6.45, 7) is 3.76. The van der Waals surface area contributed by atoms with Crippen LogP contribution in [0.4, 0.5) is 0 Å². The molecule has 0 bridgehead atoms. The molecule has 0 radical (unpaired) electrons. The zero-order valence-electron chi connectivity index (χ0n) is 12.8. The van der Waals surface area contributed by atoms with Crippen molar-refractivity contribution < 1.29 is 18.3 Å². The quantitative estimate of drug-likeness (QED) is 0.706. The molecule has 0 heterocycles. The van der Waals surface area contributed by atoms with Gasteiger partial charge in [-0.05, 0) is 24.0 Å². The second-order valence-electron chi connectivity index (χ2n) is 5.73. The Labute approximate surface area is 130 Å². The number of sulfonamides is 1. The van der Waals surface area contributed by atoms with E-state index in [0.717, 1.165) is 0 Å². The van der Waals surface area contributed by atoms with Crippen molar-refractivity contribution in [2.75, 3.05) is 0 Å².